The largest absolute Gasteiger partial charge is 0.361 e. The molecule has 0 aliphatic carbocycles. The standard InChI is InChI=1S/C15H21BrN2OSi/c1-20(2,3)10-9-19-12-18-8-7-17-15(18)13-5-4-6-14(16)11-13/h4-8,11H,9-10,12H2,1-3H3. The third-order valence-corrected chi connectivity index (χ3v) is 5.22. The van der Waals surface area contributed by atoms with E-state index in [0.717, 1.165) is 22.5 Å². The number of hydrogen-bond acceptors (Lipinski definition) is 2. The SMILES string of the molecule is C[Si](C)(C)CCOCn1ccnc1-c1cccc(Br)c1. The van der Waals surface area contributed by atoms with Crippen LogP contribution in [-0.4, -0.2) is 24.2 Å². The fourth-order valence-corrected chi connectivity index (χ4v) is 3.00. The van der Waals surface area contributed by atoms with Gasteiger partial charge in [-0.05, 0) is 18.2 Å². The molecular formula is C15H21BrN2OSi. The van der Waals surface area contributed by atoms with Crippen molar-refractivity contribution in [1.29, 1.82) is 0 Å². The van der Waals surface area contributed by atoms with Gasteiger partial charge < -0.3 is 9.30 Å². The summed E-state index contributed by atoms with van der Waals surface area (Å²) < 4.78 is 8.90. The molecule has 2 rings (SSSR count). The van der Waals surface area contributed by atoms with Crippen molar-refractivity contribution < 1.29 is 4.74 Å². The summed E-state index contributed by atoms with van der Waals surface area (Å²) in [5.41, 5.74) is 1.10. The molecule has 1 heterocycles. The Morgan fingerprint density at radius 1 is 1.30 bits per heavy atom. The molecule has 108 valence electrons. The highest BCUT2D eigenvalue weighted by atomic mass is 79.9. The first kappa shape index (κ1) is 15.5. The molecule has 0 atom stereocenters. The highest BCUT2D eigenvalue weighted by Crippen LogP contribution is 2.21. The first-order valence-corrected chi connectivity index (χ1v) is 11.3. The number of aromatic nitrogens is 2. The Morgan fingerprint density at radius 3 is 2.80 bits per heavy atom. The van der Waals surface area contributed by atoms with E-state index in [1.165, 1.54) is 6.04 Å². The summed E-state index contributed by atoms with van der Waals surface area (Å²) in [6, 6.07) is 9.35. The first-order valence-electron chi connectivity index (χ1n) is 6.80. The van der Waals surface area contributed by atoms with Crippen LogP contribution < -0.4 is 0 Å². The van der Waals surface area contributed by atoms with Crippen LogP contribution in [0.25, 0.3) is 11.4 Å². The molecule has 0 aliphatic heterocycles. The van der Waals surface area contributed by atoms with Crippen molar-refractivity contribution in [3.63, 3.8) is 0 Å². The minimum Gasteiger partial charge on any atom is -0.361 e. The van der Waals surface area contributed by atoms with Crippen LogP contribution in [0, 0.1) is 0 Å². The van der Waals surface area contributed by atoms with Gasteiger partial charge in [0.2, 0.25) is 0 Å². The van der Waals surface area contributed by atoms with Crippen LogP contribution in [0.4, 0.5) is 0 Å². The summed E-state index contributed by atoms with van der Waals surface area (Å²) in [5.74, 6) is 0.944. The van der Waals surface area contributed by atoms with Gasteiger partial charge in [-0.25, -0.2) is 4.98 Å². The van der Waals surface area contributed by atoms with Crippen molar-refractivity contribution >= 4 is 24.0 Å². The molecule has 0 saturated carbocycles. The van der Waals surface area contributed by atoms with Gasteiger partial charge in [-0.1, -0.05) is 47.7 Å². The minimum absolute atomic E-state index is 0.562. The predicted octanol–water partition coefficient (Wildman–Crippen LogP) is 4.62. The van der Waals surface area contributed by atoms with Gasteiger partial charge in [-0.3, -0.25) is 0 Å². The maximum Gasteiger partial charge on any atom is 0.141 e. The van der Waals surface area contributed by atoms with Crippen LogP contribution in [-0.2, 0) is 11.5 Å². The van der Waals surface area contributed by atoms with Crippen molar-refractivity contribution in [2.24, 2.45) is 0 Å². The summed E-state index contributed by atoms with van der Waals surface area (Å²) in [4.78, 5) is 4.43. The lowest BCUT2D eigenvalue weighted by atomic mass is 10.2. The van der Waals surface area contributed by atoms with Crippen LogP contribution >= 0.6 is 15.9 Å². The summed E-state index contributed by atoms with van der Waals surface area (Å²) in [6.45, 7) is 8.47. The smallest absolute Gasteiger partial charge is 0.141 e. The number of hydrogen-bond donors (Lipinski definition) is 0. The lowest BCUT2D eigenvalue weighted by Crippen LogP contribution is -2.22. The van der Waals surface area contributed by atoms with Crippen molar-refractivity contribution in [2.75, 3.05) is 6.61 Å². The number of nitrogens with zero attached hydrogens (tertiary/aromatic N) is 2. The van der Waals surface area contributed by atoms with E-state index in [2.05, 4.69) is 52.7 Å². The molecule has 0 unspecified atom stereocenters. The zero-order chi connectivity index (χ0) is 14.6. The molecule has 0 spiro atoms. The van der Waals surface area contributed by atoms with Crippen molar-refractivity contribution in [3.05, 3.63) is 41.1 Å². The number of imidazole rings is 1. The van der Waals surface area contributed by atoms with Crippen LogP contribution in [0.1, 0.15) is 0 Å². The molecule has 0 radical (unpaired) electrons. The number of halogens is 1. The van der Waals surface area contributed by atoms with E-state index in [9.17, 15) is 0 Å². The van der Waals surface area contributed by atoms with Crippen molar-refractivity contribution in [2.45, 2.75) is 32.4 Å². The Labute approximate surface area is 130 Å². The van der Waals surface area contributed by atoms with Crippen molar-refractivity contribution in [1.82, 2.24) is 9.55 Å². The van der Waals surface area contributed by atoms with E-state index in [0.29, 0.717) is 6.73 Å². The third-order valence-electron chi connectivity index (χ3n) is 3.03. The lowest BCUT2D eigenvalue weighted by Gasteiger charge is -2.16. The Balaban J connectivity index is 1.99. The monoisotopic (exact) mass is 352 g/mol. The summed E-state index contributed by atoms with van der Waals surface area (Å²) in [7, 11) is -1.02. The molecule has 5 heteroatoms. The van der Waals surface area contributed by atoms with E-state index in [4.69, 9.17) is 4.74 Å². The Kier molecular flexibility index (Phi) is 5.18. The zero-order valence-corrected chi connectivity index (χ0v) is 14.9. The van der Waals surface area contributed by atoms with E-state index >= 15 is 0 Å². The van der Waals surface area contributed by atoms with Gasteiger partial charge in [-0.2, -0.15) is 0 Å². The molecule has 20 heavy (non-hydrogen) atoms. The van der Waals surface area contributed by atoms with Crippen LogP contribution in [0.5, 0.6) is 0 Å². The predicted molar refractivity (Wildman–Crippen MR) is 89.5 cm³/mol. The van der Waals surface area contributed by atoms with E-state index in [1.54, 1.807) is 0 Å². The third kappa shape index (κ3) is 4.58. The van der Waals surface area contributed by atoms with Gasteiger partial charge in [0.15, 0.2) is 0 Å². The van der Waals surface area contributed by atoms with Crippen LogP contribution in [0.2, 0.25) is 25.7 Å². The maximum absolute atomic E-state index is 5.79. The number of ether oxygens (including phenoxy) is 1. The Bertz CT molecular complexity index is 563. The average molecular weight is 353 g/mol. The van der Waals surface area contributed by atoms with Crippen LogP contribution in [0.15, 0.2) is 41.1 Å². The quantitative estimate of drug-likeness (QED) is 0.559. The second-order valence-electron chi connectivity index (χ2n) is 6.08. The fourth-order valence-electron chi connectivity index (χ4n) is 1.84. The maximum atomic E-state index is 5.79. The molecule has 0 aliphatic rings. The molecule has 0 amide bonds. The zero-order valence-electron chi connectivity index (χ0n) is 12.3. The van der Waals surface area contributed by atoms with Gasteiger partial charge in [0, 0.05) is 37.1 Å². The molecule has 0 N–H and O–H groups in total. The Hall–Kier alpha value is -0.913. The second-order valence-corrected chi connectivity index (χ2v) is 12.6. The van der Waals surface area contributed by atoms with Gasteiger partial charge >= 0.3 is 0 Å². The second kappa shape index (κ2) is 6.69. The van der Waals surface area contributed by atoms with Gasteiger partial charge in [-0.15, -0.1) is 0 Å². The van der Waals surface area contributed by atoms with E-state index in [1.807, 2.05) is 29.1 Å². The lowest BCUT2D eigenvalue weighted by molar-refractivity contribution is 0.0883. The van der Waals surface area contributed by atoms with Crippen LogP contribution in [0.3, 0.4) is 0 Å². The molecule has 0 bridgehead atoms. The number of benzene rings is 1. The molecular weight excluding hydrogens is 332 g/mol. The van der Waals surface area contributed by atoms with Gasteiger partial charge in [0.1, 0.15) is 12.6 Å². The van der Waals surface area contributed by atoms with Gasteiger partial charge in [0.05, 0.1) is 0 Å². The fraction of sp³-hybridized carbons (Fsp3) is 0.400. The summed E-state index contributed by atoms with van der Waals surface area (Å²) >= 11 is 3.49. The average Bonchev–Trinajstić information content (AvgIpc) is 2.82. The minimum atomic E-state index is -1.02. The highest BCUT2D eigenvalue weighted by Gasteiger charge is 2.12. The molecule has 0 saturated heterocycles. The first-order chi connectivity index (χ1) is 9.46. The summed E-state index contributed by atoms with van der Waals surface area (Å²) in [6.07, 6.45) is 3.78. The molecule has 3 nitrogen and oxygen atoms in total. The molecule has 1 aromatic carbocycles. The van der Waals surface area contributed by atoms with Crippen molar-refractivity contribution in [3.8, 4) is 11.4 Å². The molecule has 2 aromatic rings. The molecule has 0 fully saturated rings. The highest BCUT2D eigenvalue weighted by molar-refractivity contribution is 9.10. The van der Waals surface area contributed by atoms with Gasteiger partial charge in [0.25, 0.3) is 0 Å². The van der Waals surface area contributed by atoms with E-state index in [-0.39, 0.29) is 0 Å². The topological polar surface area (TPSA) is 27.1 Å². The van der Waals surface area contributed by atoms with E-state index < -0.39 is 8.07 Å². The number of rotatable bonds is 6. The normalized spacial score (nSPS) is 11.8. The summed E-state index contributed by atoms with van der Waals surface area (Å²) in [5, 5.41) is 0. The molecule has 1 aromatic heterocycles. The Morgan fingerprint density at radius 2 is 2.10 bits per heavy atom.